The van der Waals surface area contributed by atoms with Crippen LogP contribution in [0.25, 0.3) is 0 Å². The monoisotopic (exact) mass is 1150 g/mol. The molecule has 18 nitrogen and oxygen atoms in total. The molecule has 22 heteroatoms. The maximum atomic E-state index is 13.9. The standard InChI is InChI=1S/C56H87NO17S2.2Na/c1-4-6-8-10-12-14-16-18-20-22-24-26-34-40-48(71-54(60)45-36-30-28-31-37-45)47(57-50(59)41-35-27-25-23-21-19-17-15-13-11-9-7-5-2)42-68-56-53(73-55(61)46-38-32-29-33-39-46)52(74-76(65,66)67)51(70-44(3)58)49(72-56)43-69-75(62,63)64;;/h28-34,36-40,47-49,51-53,56H,4-27,35,41-43H2,1-3H3,(H,57,59)(H,62,63,64)(H,65,66,67);;/q;2*+1/p-2/b40-34+;;/t47-,48+,49+,51-,52-,53+,56+;;/m0../s1. The summed E-state index contributed by atoms with van der Waals surface area (Å²) in [6.45, 7) is 3.46. The molecule has 0 spiro atoms. The molecule has 2 aromatic carbocycles. The number of rotatable bonds is 42. The number of amides is 1. The van der Waals surface area contributed by atoms with Gasteiger partial charge in [-0.1, -0.05) is 198 Å². The molecule has 0 bridgehead atoms. The molecule has 2 aromatic rings. The Labute approximate surface area is 509 Å². The van der Waals surface area contributed by atoms with Gasteiger partial charge in [-0.3, -0.25) is 18.0 Å². The number of hydrogen-bond donors (Lipinski definition) is 1. The topological polar surface area (TPSA) is 259 Å². The second-order valence-electron chi connectivity index (χ2n) is 19.5. The van der Waals surface area contributed by atoms with Crippen molar-refractivity contribution < 1.29 is 136 Å². The van der Waals surface area contributed by atoms with E-state index in [0.717, 1.165) is 58.3 Å². The predicted octanol–water partition coefficient (Wildman–Crippen LogP) is 4.66. The van der Waals surface area contributed by atoms with Crippen LogP contribution < -0.4 is 64.4 Å². The summed E-state index contributed by atoms with van der Waals surface area (Å²) in [6, 6.07) is 14.3. The minimum absolute atomic E-state index is 0. The zero-order valence-electron chi connectivity index (χ0n) is 47.0. The second kappa shape index (κ2) is 43.4. The van der Waals surface area contributed by atoms with Crippen LogP contribution in [0.15, 0.2) is 72.8 Å². The summed E-state index contributed by atoms with van der Waals surface area (Å²) in [5, 5.41) is 2.93. The first-order chi connectivity index (χ1) is 36.5. The van der Waals surface area contributed by atoms with Crippen LogP contribution in [0.1, 0.15) is 208 Å². The van der Waals surface area contributed by atoms with Crippen molar-refractivity contribution in [2.24, 2.45) is 0 Å². The van der Waals surface area contributed by atoms with Crippen molar-refractivity contribution in [1.29, 1.82) is 0 Å². The Bertz CT molecular complexity index is 2190. The molecular weight excluding hydrogens is 1070 g/mol. The van der Waals surface area contributed by atoms with Gasteiger partial charge in [0.05, 0.1) is 30.4 Å². The third-order valence-electron chi connectivity index (χ3n) is 13.0. The largest absolute Gasteiger partial charge is 1.00 e. The van der Waals surface area contributed by atoms with Crippen molar-refractivity contribution in [2.45, 2.75) is 231 Å². The normalized spacial score (nSPS) is 18.2. The molecule has 0 aliphatic carbocycles. The Morgan fingerprint density at radius 2 is 1.06 bits per heavy atom. The molecule has 3 rings (SSSR count). The van der Waals surface area contributed by atoms with Gasteiger partial charge >= 0.3 is 77.0 Å². The van der Waals surface area contributed by atoms with E-state index in [1.807, 2.05) is 6.08 Å². The summed E-state index contributed by atoms with van der Waals surface area (Å²) in [4.78, 5) is 53.8. The minimum atomic E-state index is -5.76. The summed E-state index contributed by atoms with van der Waals surface area (Å²) < 4.78 is 111. The SMILES string of the molecule is CCCCCCCCCCCCC/C=C/[C@@H](OC(=O)c1ccccc1)[C@H](CO[C@@H]1O[C@H](COS(=O)(=O)[O-])[C@H](OC(C)=O)[C@H](OS(=O)(=O)[O-])[C@H]1OC(=O)c1ccccc1)NC(=O)CCCCCCCCCCCCCCC.[Na+].[Na+]. The predicted molar refractivity (Wildman–Crippen MR) is 284 cm³/mol. The van der Waals surface area contributed by atoms with Crippen molar-refractivity contribution in [2.75, 3.05) is 13.2 Å². The van der Waals surface area contributed by atoms with Crippen molar-refractivity contribution in [3.63, 3.8) is 0 Å². The average Bonchev–Trinajstić information content (AvgIpc) is 3.40. The van der Waals surface area contributed by atoms with Gasteiger partial charge in [0.2, 0.25) is 26.7 Å². The number of esters is 3. The molecule has 1 heterocycles. The van der Waals surface area contributed by atoms with Crippen LogP contribution in [0, 0.1) is 0 Å². The van der Waals surface area contributed by atoms with Gasteiger partial charge in [0.15, 0.2) is 24.6 Å². The van der Waals surface area contributed by atoms with Crippen molar-refractivity contribution in [1.82, 2.24) is 5.32 Å². The van der Waals surface area contributed by atoms with Gasteiger partial charge in [-0.25, -0.2) is 26.4 Å². The average molecular weight is 1150 g/mol. The Morgan fingerprint density at radius 3 is 1.53 bits per heavy atom. The van der Waals surface area contributed by atoms with Gasteiger partial charge in [-0.05, 0) is 49.6 Å². The molecule has 1 saturated heterocycles. The fourth-order valence-corrected chi connectivity index (χ4v) is 9.74. The van der Waals surface area contributed by atoms with Crippen LogP contribution in [0.2, 0.25) is 0 Å². The minimum Gasteiger partial charge on any atom is -0.726 e. The van der Waals surface area contributed by atoms with E-state index < -0.39 is 101 Å². The fraction of sp³-hybridized carbons (Fsp3) is 0.679. The maximum Gasteiger partial charge on any atom is 1.00 e. The van der Waals surface area contributed by atoms with E-state index in [0.29, 0.717) is 12.8 Å². The molecule has 78 heavy (non-hydrogen) atoms. The molecular formula is C56H85NNa2O17S2. The van der Waals surface area contributed by atoms with Gasteiger partial charge in [-0.15, -0.1) is 0 Å². The van der Waals surface area contributed by atoms with Gasteiger partial charge in [0, 0.05) is 13.3 Å². The van der Waals surface area contributed by atoms with E-state index in [9.17, 15) is 45.1 Å². The number of ether oxygens (including phenoxy) is 5. The smallest absolute Gasteiger partial charge is 0.726 e. The Kier molecular flexibility index (Phi) is 41.0. The number of carbonyl (C=O) groups is 4. The van der Waals surface area contributed by atoms with Crippen LogP contribution in [-0.2, 0) is 62.4 Å². The van der Waals surface area contributed by atoms with Crippen molar-refractivity contribution in [3.8, 4) is 0 Å². The van der Waals surface area contributed by atoms with Crippen molar-refractivity contribution >= 4 is 44.6 Å². The van der Waals surface area contributed by atoms with Gasteiger partial charge < -0.3 is 38.1 Å². The zero-order chi connectivity index (χ0) is 55.4. The van der Waals surface area contributed by atoms with Gasteiger partial charge in [0.1, 0.15) is 12.2 Å². The number of unbranched alkanes of at least 4 members (excludes halogenated alkanes) is 23. The first-order valence-electron chi connectivity index (χ1n) is 27.7. The zero-order valence-corrected chi connectivity index (χ0v) is 52.7. The number of hydrogen-bond acceptors (Lipinski definition) is 17. The molecule has 0 unspecified atom stereocenters. The molecule has 1 N–H and O–H groups in total. The summed E-state index contributed by atoms with van der Waals surface area (Å²) in [5.41, 5.74) is 0.144. The number of nitrogens with one attached hydrogen (secondary N) is 1. The Hall–Kier alpha value is -2.28. The summed E-state index contributed by atoms with van der Waals surface area (Å²) in [5.74, 6) is -3.38. The molecule has 7 atom stereocenters. The molecule has 1 fully saturated rings. The van der Waals surface area contributed by atoms with E-state index in [1.54, 1.807) is 42.5 Å². The number of allylic oxidation sites excluding steroid dienone is 1. The third kappa shape index (κ3) is 33.6. The molecule has 1 aliphatic rings. The molecule has 1 aliphatic heterocycles. The maximum absolute atomic E-state index is 13.9. The van der Waals surface area contributed by atoms with E-state index in [1.165, 1.54) is 121 Å². The van der Waals surface area contributed by atoms with Crippen LogP contribution >= 0.6 is 0 Å². The molecule has 0 aromatic heterocycles. The quantitative estimate of drug-likeness (QED) is 0.0180. The fourth-order valence-electron chi connectivity index (χ4n) is 8.95. The number of benzene rings is 2. The van der Waals surface area contributed by atoms with Crippen LogP contribution in [-0.4, -0.2) is 106 Å². The van der Waals surface area contributed by atoms with E-state index in [4.69, 9.17) is 27.9 Å². The molecule has 0 radical (unpaired) electrons. The van der Waals surface area contributed by atoms with Gasteiger partial charge in [-0.2, -0.15) is 0 Å². The number of carbonyl (C=O) groups excluding carboxylic acids is 4. The van der Waals surface area contributed by atoms with E-state index >= 15 is 0 Å². The van der Waals surface area contributed by atoms with E-state index in [2.05, 4.69) is 23.3 Å². The molecule has 1 amide bonds. The molecule has 0 saturated carbocycles. The second-order valence-corrected chi connectivity index (χ2v) is 21.6. The summed E-state index contributed by atoms with van der Waals surface area (Å²) >= 11 is 0. The summed E-state index contributed by atoms with van der Waals surface area (Å²) in [7, 11) is -11.2. The molecule has 430 valence electrons. The first-order valence-corrected chi connectivity index (χ1v) is 30.3. The van der Waals surface area contributed by atoms with Crippen LogP contribution in [0.5, 0.6) is 0 Å². The first kappa shape index (κ1) is 73.7. The van der Waals surface area contributed by atoms with Crippen LogP contribution in [0.3, 0.4) is 0 Å². The van der Waals surface area contributed by atoms with Crippen molar-refractivity contribution in [3.05, 3.63) is 83.9 Å². The van der Waals surface area contributed by atoms with Gasteiger partial charge in [0.25, 0.3) is 0 Å². The Morgan fingerprint density at radius 1 is 0.603 bits per heavy atom. The van der Waals surface area contributed by atoms with Crippen LogP contribution in [0.4, 0.5) is 0 Å². The summed E-state index contributed by atoms with van der Waals surface area (Å²) in [6.07, 6.45) is 19.6. The Balaban J connectivity index is 0.0000152. The third-order valence-corrected chi connectivity index (χ3v) is 13.9. The van der Waals surface area contributed by atoms with E-state index in [-0.39, 0.29) is 76.7 Å².